The predicted octanol–water partition coefficient (Wildman–Crippen LogP) is 4.47. The fourth-order valence-corrected chi connectivity index (χ4v) is 4.03. The van der Waals surface area contributed by atoms with E-state index in [-0.39, 0.29) is 17.7 Å². The number of benzene rings is 2. The zero-order valence-corrected chi connectivity index (χ0v) is 16.8. The van der Waals surface area contributed by atoms with E-state index in [0.717, 1.165) is 35.2 Å². The first-order valence-corrected chi connectivity index (χ1v) is 10.7. The summed E-state index contributed by atoms with van der Waals surface area (Å²) in [5.74, 6) is 1.41. The van der Waals surface area contributed by atoms with Crippen molar-refractivity contribution in [2.24, 2.45) is 11.8 Å². The van der Waals surface area contributed by atoms with Gasteiger partial charge in [-0.1, -0.05) is 12.1 Å². The quantitative estimate of drug-likeness (QED) is 0.682. The molecule has 0 atom stereocenters. The van der Waals surface area contributed by atoms with Gasteiger partial charge in [0.05, 0.1) is 0 Å². The summed E-state index contributed by atoms with van der Waals surface area (Å²) in [6.45, 7) is 1.36. The fraction of sp³-hybridized carbons (Fsp3) is 0.375. The Morgan fingerprint density at radius 2 is 1.73 bits per heavy atom. The molecule has 0 spiro atoms. The normalized spacial score (nSPS) is 17.3. The van der Waals surface area contributed by atoms with Crippen molar-refractivity contribution in [3.05, 3.63) is 48.5 Å². The molecule has 6 heteroatoms. The Kier molecular flexibility index (Phi) is 4.99. The van der Waals surface area contributed by atoms with Crippen LogP contribution in [0.2, 0.25) is 0 Å². The van der Waals surface area contributed by atoms with Crippen LogP contribution in [0.4, 0.5) is 5.69 Å². The maximum Gasteiger partial charge on any atom is 0.227 e. The number of anilines is 1. The lowest BCUT2D eigenvalue weighted by Crippen LogP contribution is -2.41. The molecule has 6 nitrogen and oxygen atoms in total. The zero-order chi connectivity index (χ0) is 20.5. The van der Waals surface area contributed by atoms with Crippen LogP contribution in [-0.4, -0.2) is 34.8 Å². The maximum absolute atomic E-state index is 12.7. The molecular formula is C24H25N3O3. The van der Waals surface area contributed by atoms with E-state index in [2.05, 4.69) is 10.3 Å². The van der Waals surface area contributed by atoms with Crippen molar-refractivity contribution in [1.82, 2.24) is 9.88 Å². The summed E-state index contributed by atoms with van der Waals surface area (Å²) in [6, 6.07) is 15.2. The second-order valence-corrected chi connectivity index (χ2v) is 8.36. The molecule has 1 N–H and O–H groups in total. The molecule has 0 unspecified atom stereocenters. The molecule has 5 rings (SSSR count). The van der Waals surface area contributed by atoms with Gasteiger partial charge in [0.1, 0.15) is 5.52 Å². The van der Waals surface area contributed by atoms with Crippen LogP contribution in [0, 0.1) is 11.8 Å². The van der Waals surface area contributed by atoms with Gasteiger partial charge in [-0.3, -0.25) is 9.59 Å². The third kappa shape index (κ3) is 4.08. The minimum atomic E-state index is -0.0494. The van der Waals surface area contributed by atoms with Gasteiger partial charge < -0.3 is 14.6 Å². The topological polar surface area (TPSA) is 75.4 Å². The van der Waals surface area contributed by atoms with E-state index in [9.17, 15) is 9.59 Å². The molecule has 1 saturated carbocycles. The second kappa shape index (κ2) is 7.94. The molecule has 1 aliphatic heterocycles. The van der Waals surface area contributed by atoms with Gasteiger partial charge in [0.15, 0.2) is 5.58 Å². The molecule has 2 aromatic carbocycles. The summed E-state index contributed by atoms with van der Waals surface area (Å²) < 4.78 is 5.80. The number of hydrogen-bond acceptors (Lipinski definition) is 4. The Labute approximate surface area is 175 Å². The number of nitrogens with zero attached hydrogens (tertiary/aromatic N) is 2. The van der Waals surface area contributed by atoms with Crippen molar-refractivity contribution in [3.63, 3.8) is 0 Å². The fourth-order valence-electron chi connectivity index (χ4n) is 4.03. The molecule has 2 aliphatic rings. The average Bonchev–Trinajstić information content (AvgIpc) is 3.48. The summed E-state index contributed by atoms with van der Waals surface area (Å²) in [5, 5.41) is 3.01. The van der Waals surface area contributed by atoms with Crippen LogP contribution in [-0.2, 0) is 9.59 Å². The molecule has 30 heavy (non-hydrogen) atoms. The first-order valence-electron chi connectivity index (χ1n) is 10.7. The van der Waals surface area contributed by atoms with E-state index in [0.29, 0.717) is 31.3 Å². The lowest BCUT2D eigenvalue weighted by Gasteiger charge is -2.31. The average molecular weight is 403 g/mol. The molecule has 2 fully saturated rings. The van der Waals surface area contributed by atoms with Crippen molar-refractivity contribution >= 4 is 28.6 Å². The summed E-state index contributed by atoms with van der Waals surface area (Å²) in [6.07, 6.45) is 4.52. The van der Waals surface area contributed by atoms with Crippen LogP contribution in [0.5, 0.6) is 0 Å². The maximum atomic E-state index is 12.7. The minimum Gasteiger partial charge on any atom is -0.436 e. The number of nitrogens with one attached hydrogen (secondary N) is 1. The highest BCUT2D eigenvalue weighted by atomic mass is 16.3. The first kappa shape index (κ1) is 18.9. The van der Waals surface area contributed by atoms with Gasteiger partial charge >= 0.3 is 0 Å². The van der Waals surface area contributed by atoms with Crippen molar-refractivity contribution in [1.29, 1.82) is 0 Å². The molecule has 3 aromatic rings. The minimum absolute atomic E-state index is 0.0268. The van der Waals surface area contributed by atoms with Gasteiger partial charge in [-0.25, -0.2) is 4.98 Å². The third-order valence-corrected chi connectivity index (χ3v) is 6.07. The Hall–Kier alpha value is -3.15. The largest absolute Gasteiger partial charge is 0.436 e. The number of oxazole rings is 1. The summed E-state index contributed by atoms with van der Waals surface area (Å²) in [4.78, 5) is 31.3. The van der Waals surface area contributed by atoms with Crippen LogP contribution in [0.25, 0.3) is 22.6 Å². The second-order valence-electron chi connectivity index (χ2n) is 8.36. The molecule has 1 aromatic heterocycles. The number of hydrogen-bond donors (Lipinski definition) is 1. The van der Waals surface area contributed by atoms with Gasteiger partial charge in [0.25, 0.3) is 0 Å². The van der Waals surface area contributed by atoms with Gasteiger partial charge in [0, 0.05) is 36.7 Å². The molecule has 154 valence electrons. The smallest absolute Gasteiger partial charge is 0.227 e. The van der Waals surface area contributed by atoms with Crippen molar-refractivity contribution < 1.29 is 14.0 Å². The van der Waals surface area contributed by atoms with Crippen LogP contribution in [0.3, 0.4) is 0 Å². The van der Waals surface area contributed by atoms with Gasteiger partial charge in [-0.05, 0) is 68.0 Å². The van der Waals surface area contributed by atoms with Crippen LogP contribution < -0.4 is 5.32 Å². The first-order chi connectivity index (χ1) is 14.7. The molecule has 0 radical (unpaired) electrons. The van der Waals surface area contributed by atoms with Crippen molar-refractivity contribution in [2.75, 3.05) is 18.4 Å². The SMILES string of the molecule is O=C(Nc1ccc(-c2nc3ccccc3o2)cc1)C1CCN(C(=O)CC2CC2)CC1. The standard InChI is InChI=1S/C24H25N3O3/c28-22(15-16-5-6-16)27-13-11-17(12-14-27)23(29)25-19-9-7-18(8-10-19)24-26-20-3-1-2-4-21(20)30-24/h1-4,7-10,16-17H,5-6,11-15H2,(H,25,29). The summed E-state index contributed by atoms with van der Waals surface area (Å²) in [5.41, 5.74) is 3.21. The molecule has 1 aliphatic carbocycles. The number of likely N-dealkylation sites (tertiary alicyclic amines) is 1. The lowest BCUT2D eigenvalue weighted by molar-refractivity contribution is -0.134. The highest BCUT2D eigenvalue weighted by Crippen LogP contribution is 2.33. The molecule has 2 heterocycles. The van der Waals surface area contributed by atoms with Crippen LogP contribution in [0.1, 0.15) is 32.1 Å². The van der Waals surface area contributed by atoms with E-state index < -0.39 is 0 Å². The molecule has 0 bridgehead atoms. The van der Waals surface area contributed by atoms with E-state index in [1.165, 1.54) is 12.8 Å². The van der Waals surface area contributed by atoms with Gasteiger partial charge in [0.2, 0.25) is 17.7 Å². The monoisotopic (exact) mass is 403 g/mol. The Morgan fingerprint density at radius 3 is 2.43 bits per heavy atom. The van der Waals surface area contributed by atoms with E-state index in [4.69, 9.17) is 4.42 Å². The summed E-state index contributed by atoms with van der Waals surface area (Å²) in [7, 11) is 0. The Bertz CT molecular complexity index is 1030. The highest BCUT2D eigenvalue weighted by molar-refractivity contribution is 5.93. The zero-order valence-electron chi connectivity index (χ0n) is 16.8. The number of fused-ring (bicyclic) bond motifs is 1. The number of carbonyl (C=O) groups is 2. The van der Waals surface area contributed by atoms with E-state index in [1.807, 2.05) is 53.4 Å². The van der Waals surface area contributed by atoms with Crippen molar-refractivity contribution in [3.8, 4) is 11.5 Å². The predicted molar refractivity (Wildman–Crippen MR) is 115 cm³/mol. The third-order valence-electron chi connectivity index (χ3n) is 6.07. The number of amides is 2. The van der Waals surface area contributed by atoms with E-state index >= 15 is 0 Å². The van der Waals surface area contributed by atoms with E-state index in [1.54, 1.807) is 0 Å². The number of rotatable bonds is 5. The van der Waals surface area contributed by atoms with Gasteiger partial charge in [-0.2, -0.15) is 0 Å². The number of aromatic nitrogens is 1. The summed E-state index contributed by atoms with van der Waals surface area (Å²) >= 11 is 0. The molecular weight excluding hydrogens is 378 g/mol. The van der Waals surface area contributed by atoms with Crippen molar-refractivity contribution in [2.45, 2.75) is 32.1 Å². The Balaban J connectivity index is 1.17. The number of carbonyl (C=O) groups excluding carboxylic acids is 2. The molecule has 1 saturated heterocycles. The lowest BCUT2D eigenvalue weighted by atomic mass is 9.95. The van der Waals surface area contributed by atoms with Crippen LogP contribution in [0.15, 0.2) is 52.9 Å². The van der Waals surface area contributed by atoms with Gasteiger partial charge in [-0.15, -0.1) is 0 Å². The highest BCUT2D eigenvalue weighted by Gasteiger charge is 2.31. The van der Waals surface area contributed by atoms with Crippen LogP contribution >= 0.6 is 0 Å². The number of para-hydroxylation sites is 2. The Morgan fingerprint density at radius 1 is 1.00 bits per heavy atom. The number of piperidine rings is 1. The molecule has 2 amide bonds.